The van der Waals surface area contributed by atoms with Gasteiger partial charge in [-0.25, -0.2) is 13.1 Å². The van der Waals surface area contributed by atoms with E-state index in [1.807, 2.05) is 0 Å². The third kappa shape index (κ3) is 5.70. The summed E-state index contributed by atoms with van der Waals surface area (Å²) in [6.07, 6.45) is 3.30. The Bertz CT molecular complexity index is 532. The molecule has 1 aromatic rings. The lowest BCUT2D eigenvalue weighted by Crippen LogP contribution is -2.29. The van der Waals surface area contributed by atoms with Crippen LogP contribution >= 0.6 is 0 Å². The van der Waals surface area contributed by atoms with Crippen molar-refractivity contribution in [3.8, 4) is 0 Å². The van der Waals surface area contributed by atoms with Crippen molar-refractivity contribution in [1.29, 1.82) is 0 Å². The first kappa shape index (κ1) is 18.0. The Hall–Kier alpha value is -1.02. The molecule has 0 aromatic carbocycles. The van der Waals surface area contributed by atoms with Gasteiger partial charge in [-0.15, -0.1) is 0 Å². The molecule has 7 heteroatoms. The number of pyridine rings is 1. The first-order chi connectivity index (χ1) is 9.88. The second kappa shape index (κ2) is 8.43. The molecular formula is C14H26N4O2S. The van der Waals surface area contributed by atoms with Crippen LogP contribution in [0.2, 0.25) is 0 Å². The van der Waals surface area contributed by atoms with E-state index in [9.17, 15) is 8.42 Å². The standard InChI is InChI=1S/C14H26N4O2S/c1-12(2)18(3)10-5-4-9-17-21(19,20)14-7-6-8-16-13(14)11-15/h6-8,12,17H,4-5,9-11,15H2,1-3H3. The highest BCUT2D eigenvalue weighted by Crippen LogP contribution is 2.12. The van der Waals surface area contributed by atoms with Crippen LogP contribution in [0.25, 0.3) is 0 Å². The number of nitrogens with one attached hydrogen (secondary N) is 1. The number of hydrogen-bond acceptors (Lipinski definition) is 5. The summed E-state index contributed by atoms with van der Waals surface area (Å²) in [4.78, 5) is 6.41. The topological polar surface area (TPSA) is 88.3 Å². The fourth-order valence-electron chi connectivity index (χ4n) is 1.85. The van der Waals surface area contributed by atoms with Crippen LogP contribution in [-0.2, 0) is 16.6 Å². The van der Waals surface area contributed by atoms with Gasteiger partial charge in [0.05, 0.1) is 5.69 Å². The molecule has 0 saturated heterocycles. The van der Waals surface area contributed by atoms with Gasteiger partial charge in [0.15, 0.2) is 0 Å². The molecule has 0 aliphatic heterocycles. The molecule has 1 heterocycles. The average Bonchev–Trinajstić information content (AvgIpc) is 2.46. The monoisotopic (exact) mass is 314 g/mol. The lowest BCUT2D eigenvalue weighted by Gasteiger charge is -2.20. The Balaban J connectivity index is 2.47. The van der Waals surface area contributed by atoms with Gasteiger partial charge in [-0.1, -0.05) is 0 Å². The van der Waals surface area contributed by atoms with Gasteiger partial charge in [-0.05, 0) is 52.4 Å². The lowest BCUT2D eigenvalue weighted by atomic mass is 10.2. The van der Waals surface area contributed by atoms with Crippen LogP contribution in [0.5, 0.6) is 0 Å². The van der Waals surface area contributed by atoms with Crippen LogP contribution in [0.1, 0.15) is 32.4 Å². The smallest absolute Gasteiger partial charge is 0.242 e. The van der Waals surface area contributed by atoms with Gasteiger partial charge in [0.2, 0.25) is 10.0 Å². The van der Waals surface area contributed by atoms with Gasteiger partial charge < -0.3 is 10.6 Å². The zero-order chi connectivity index (χ0) is 15.9. The van der Waals surface area contributed by atoms with E-state index >= 15 is 0 Å². The maximum atomic E-state index is 12.2. The van der Waals surface area contributed by atoms with E-state index in [0.29, 0.717) is 18.3 Å². The van der Waals surface area contributed by atoms with E-state index in [2.05, 4.69) is 35.5 Å². The van der Waals surface area contributed by atoms with Gasteiger partial charge in [0.25, 0.3) is 0 Å². The summed E-state index contributed by atoms with van der Waals surface area (Å²) in [7, 11) is -1.46. The molecule has 0 fully saturated rings. The molecule has 0 spiro atoms. The third-order valence-electron chi connectivity index (χ3n) is 3.44. The van der Waals surface area contributed by atoms with Crippen LogP contribution in [0, 0.1) is 0 Å². The minimum absolute atomic E-state index is 0.107. The fraction of sp³-hybridized carbons (Fsp3) is 0.643. The lowest BCUT2D eigenvalue weighted by molar-refractivity contribution is 0.268. The van der Waals surface area contributed by atoms with Crippen molar-refractivity contribution in [3.05, 3.63) is 24.0 Å². The first-order valence-electron chi connectivity index (χ1n) is 7.22. The molecule has 0 bridgehead atoms. The Morgan fingerprint density at radius 1 is 1.38 bits per heavy atom. The predicted molar refractivity (Wildman–Crippen MR) is 84.3 cm³/mol. The van der Waals surface area contributed by atoms with Crippen molar-refractivity contribution >= 4 is 10.0 Å². The molecule has 0 aliphatic carbocycles. The van der Waals surface area contributed by atoms with Gasteiger partial charge in [-0.2, -0.15) is 0 Å². The van der Waals surface area contributed by atoms with Crippen molar-refractivity contribution in [2.75, 3.05) is 20.1 Å². The Kier molecular flexibility index (Phi) is 7.24. The summed E-state index contributed by atoms with van der Waals surface area (Å²) in [5, 5.41) is 0. The maximum absolute atomic E-state index is 12.2. The van der Waals surface area contributed by atoms with E-state index in [4.69, 9.17) is 5.73 Å². The van der Waals surface area contributed by atoms with E-state index in [1.54, 1.807) is 12.3 Å². The molecule has 6 nitrogen and oxygen atoms in total. The van der Waals surface area contributed by atoms with Crippen LogP contribution in [-0.4, -0.2) is 44.5 Å². The normalized spacial score (nSPS) is 12.3. The van der Waals surface area contributed by atoms with Crippen LogP contribution < -0.4 is 10.5 Å². The zero-order valence-electron chi connectivity index (χ0n) is 13.0. The molecule has 0 amide bonds. The second-order valence-corrected chi connectivity index (χ2v) is 7.07. The number of aromatic nitrogens is 1. The summed E-state index contributed by atoms with van der Waals surface area (Å²) in [6, 6.07) is 3.64. The molecule has 0 atom stereocenters. The highest BCUT2D eigenvalue weighted by molar-refractivity contribution is 7.89. The van der Waals surface area contributed by atoms with Crippen LogP contribution in [0.15, 0.2) is 23.2 Å². The van der Waals surface area contributed by atoms with Gasteiger partial charge >= 0.3 is 0 Å². The summed E-state index contributed by atoms with van der Waals surface area (Å²) < 4.78 is 27.0. The van der Waals surface area contributed by atoms with Crippen molar-refractivity contribution in [1.82, 2.24) is 14.6 Å². The molecule has 0 aliphatic rings. The summed E-state index contributed by atoms with van der Waals surface area (Å²) in [6.45, 7) is 5.77. The Labute approximate surface area is 127 Å². The largest absolute Gasteiger partial charge is 0.325 e. The minimum atomic E-state index is -3.53. The number of nitrogens with zero attached hydrogens (tertiary/aromatic N) is 2. The Morgan fingerprint density at radius 3 is 2.71 bits per heavy atom. The molecule has 21 heavy (non-hydrogen) atoms. The second-order valence-electron chi connectivity index (χ2n) is 5.33. The van der Waals surface area contributed by atoms with Crippen molar-refractivity contribution in [2.45, 2.75) is 44.2 Å². The molecule has 0 radical (unpaired) electrons. The quantitative estimate of drug-likeness (QED) is 0.662. The molecule has 3 N–H and O–H groups in total. The summed E-state index contributed by atoms with van der Waals surface area (Å²) in [5.74, 6) is 0. The highest BCUT2D eigenvalue weighted by Gasteiger charge is 2.17. The SMILES string of the molecule is CC(C)N(C)CCCCNS(=O)(=O)c1cccnc1CN. The zero-order valence-corrected chi connectivity index (χ0v) is 13.9. The molecular weight excluding hydrogens is 288 g/mol. The summed E-state index contributed by atoms with van der Waals surface area (Å²) >= 11 is 0. The molecule has 120 valence electrons. The molecule has 1 aromatic heterocycles. The van der Waals surface area contributed by atoms with E-state index < -0.39 is 10.0 Å². The number of hydrogen-bond donors (Lipinski definition) is 2. The molecule has 0 saturated carbocycles. The van der Waals surface area contributed by atoms with Crippen molar-refractivity contribution < 1.29 is 8.42 Å². The first-order valence-corrected chi connectivity index (χ1v) is 8.70. The van der Waals surface area contributed by atoms with Gasteiger partial charge in [-0.3, -0.25) is 4.98 Å². The van der Waals surface area contributed by atoms with Gasteiger partial charge in [0.1, 0.15) is 4.90 Å². The highest BCUT2D eigenvalue weighted by atomic mass is 32.2. The van der Waals surface area contributed by atoms with E-state index in [-0.39, 0.29) is 11.4 Å². The van der Waals surface area contributed by atoms with Crippen molar-refractivity contribution in [3.63, 3.8) is 0 Å². The molecule has 0 unspecified atom stereocenters. The molecule has 1 rings (SSSR count). The maximum Gasteiger partial charge on any atom is 0.242 e. The number of unbranched alkanes of at least 4 members (excludes halogenated alkanes) is 1. The van der Waals surface area contributed by atoms with Gasteiger partial charge in [0, 0.05) is 25.3 Å². The van der Waals surface area contributed by atoms with E-state index in [1.165, 1.54) is 6.07 Å². The Morgan fingerprint density at radius 2 is 2.10 bits per heavy atom. The van der Waals surface area contributed by atoms with Crippen LogP contribution in [0.4, 0.5) is 0 Å². The number of nitrogens with two attached hydrogens (primary N) is 1. The average molecular weight is 314 g/mol. The predicted octanol–water partition coefficient (Wildman–Crippen LogP) is 0.939. The summed E-state index contributed by atoms with van der Waals surface area (Å²) in [5.41, 5.74) is 5.92. The number of rotatable bonds is 9. The third-order valence-corrected chi connectivity index (χ3v) is 4.98. The number of sulfonamides is 1. The minimum Gasteiger partial charge on any atom is -0.325 e. The fourth-order valence-corrected chi connectivity index (χ4v) is 3.12. The van der Waals surface area contributed by atoms with E-state index in [0.717, 1.165) is 19.4 Å². The van der Waals surface area contributed by atoms with Crippen LogP contribution in [0.3, 0.4) is 0 Å². The van der Waals surface area contributed by atoms with Crippen molar-refractivity contribution in [2.24, 2.45) is 5.73 Å².